The summed E-state index contributed by atoms with van der Waals surface area (Å²) in [6.07, 6.45) is 0. The molecule has 1 aromatic rings. The Morgan fingerprint density at radius 2 is 2.39 bits per heavy atom. The first-order valence-electron chi connectivity index (χ1n) is 5.71. The zero-order valence-electron chi connectivity index (χ0n) is 10.7. The molecule has 1 heterocycles. The molecule has 0 aliphatic carbocycles. The van der Waals surface area contributed by atoms with E-state index >= 15 is 0 Å². The van der Waals surface area contributed by atoms with Crippen molar-refractivity contribution in [2.75, 3.05) is 31.7 Å². The van der Waals surface area contributed by atoms with Crippen molar-refractivity contribution in [3.63, 3.8) is 0 Å². The van der Waals surface area contributed by atoms with Gasteiger partial charge in [-0.1, -0.05) is 12.2 Å². The van der Waals surface area contributed by atoms with E-state index in [1.807, 2.05) is 6.92 Å². The van der Waals surface area contributed by atoms with Crippen LogP contribution in [0.4, 0.5) is 5.00 Å². The summed E-state index contributed by atoms with van der Waals surface area (Å²) >= 11 is 1.37. The van der Waals surface area contributed by atoms with E-state index in [2.05, 4.69) is 16.9 Å². The first kappa shape index (κ1) is 14.7. The van der Waals surface area contributed by atoms with Crippen LogP contribution in [0, 0.1) is 0 Å². The third-order valence-electron chi connectivity index (χ3n) is 1.92. The van der Waals surface area contributed by atoms with Crippen molar-refractivity contribution in [1.82, 2.24) is 4.98 Å². The first-order valence-corrected chi connectivity index (χ1v) is 6.59. The highest BCUT2D eigenvalue weighted by Crippen LogP contribution is 2.20. The molecular weight excluding hydrogens is 252 g/mol. The molecule has 0 aliphatic heterocycles. The van der Waals surface area contributed by atoms with Gasteiger partial charge >= 0.3 is 5.97 Å². The van der Waals surface area contributed by atoms with Crippen LogP contribution in [0.15, 0.2) is 17.7 Å². The minimum Gasteiger partial charge on any atom is -0.461 e. The molecule has 0 unspecified atom stereocenters. The molecule has 1 N–H and O–H groups in total. The second kappa shape index (κ2) is 7.84. The van der Waals surface area contributed by atoms with Crippen molar-refractivity contribution < 1.29 is 14.3 Å². The zero-order valence-corrected chi connectivity index (χ0v) is 11.5. The van der Waals surface area contributed by atoms with Crippen LogP contribution in [0.3, 0.4) is 0 Å². The summed E-state index contributed by atoms with van der Waals surface area (Å²) in [6.45, 7) is 9.48. The maximum absolute atomic E-state index is 11.5. The molecule has 0 aliphatic rings. The molecule has 0 atom stereocenters. The number of aromatic nitrogens is 1. The number of nitrogens with zero attached hydrogens (tertiary/aromatic N) is 1. The fourth-order valence-electron chi connectivity index (χ4n) is 1.20. The van der Waals surface area contributed by atoms with Crippen LogP contribution in [-0.2, 0) is 9.47 Å². The first-order chi connectivity index (χ1) is 8.65. The smallest absolute Gasteiger partial charge is 0.360 e. The van der Waals surface area contributed by atoms with Crippen LogP contribution in [0.25, 0.3) is 0 Å². The van der Waals surface area contributed by atoms with Gasteiger partial charge in [0.25, 0.3) is 0 Å². The number of hydrogen-bond donors (Lipinski definition) is 1. The van der Waals surface area contributed by atoms with Crippen molar-refractivity contribution in [2.24, 2.45) is 0 Å². The van der Waals surface area contributed by atoms with E-state index in [1.165, 1.54) is 11.3 Å². The second-order valence-corrected chi connectivity index (χ2v) is 4.54. The number of anilines is 1. The molecule has 0 saturated carbocycles. The second-order valence-electron chi connectivity index (χ2n) is 3.69. The monoisotopic (exact) mass is 270 g/mol. The Morgan fingerprint density at radius 3 is 3.06 bits per heavy atom. The molecule has 0 spiro atoms. The van der Waals surface area contributed by atoms with E-state index in [4.69, 9.17) is 9.47 Å². The summed E-state index contributed by atoms with van der Waals surface area (Å²) in [5.41, 5.74) is 2.94. The molecule has 1 rings (SSSR count). The Bertz CT molecular complexity index is 404. The predicted molar refractivity (Wildman–Crippen MR) is 72.2 cm³/mol. The van der Waals surface area contributed by atoms with Crippen molar-refractivity contribution in [3.8, 4) is 0 Å². The van der Waals surface area contributed by atoms with E-state index < -0.39 is 5.97 Å². The lowest BCUT2D eigenvalue weighted by Crippen LogP contribution is -2.13. The highest BCUT2D eigenvalue weighted by atomic mass is 32.1. The van der Waals surface area contributed by atoms with Gasteiger partial charge in [0.15, 0.2) is 5.69 Å². The van der Waals surface area contributed by atoms with Gasteiger partial charge in [0.05, 0.1) is 25.3 Å². The quantitative estimate of drug-likeness (QED) is 0.446. The van der Waals surface area contributed by atoms with Crippen LogP contribution < -0.4 is 5.32 Å². The number of ether oxygens (including phenoxy) is 2. The molecular formula is C12H18N2O3S. The van der Waals surface area contributed by atoms with E-state index in [0.29, 0.717) is 37.1 Å². The number of esters is 1. The third kappa shape index (κ3) is 4.85. The summed E-state index contributed by atoms with van der Waals surface area (Å²) in [4.78, 5) is 15.5. The van der Waals surface area contributed by atoms with E-state index in [9.17, 15) is 4.79 Å². The molecule has 0 fully saturated rings. The molecule has 18 heavy (non-hydrogen) atoms. The SMILES string of the molecule is C=C(C)COCCNc1scnc1C(=O)OCC. The molecule has 1 aromatic heterocycles. The van der Waals surface area contributed by atoms with Crippen molar-refractivity contribution in [1.29, 1.82) is 0 Å². The fraction of sp³-hybridized carbons (Fsp3) is 0.500. The number of rotatable bonds is 8. The van der Waals surface area contributed by atoms with Gasteiger partial charge in [0.1, 0.15) is 5.00 Å². The van der Waals surface area contributed by atoms with Gasteiger partial charge in [-0.15, -0.1) is 11.3 Å². The number of hydrogen-bond acceptors (Lipinski definition) is 6. The van der Waals surface area contributed by atoms with E-state index in [-0.39, 0.29) is 0 Å². The number of nitrogens with one attached hydrogen (secondary N) is 1. The van der Waals surface area contributed by atoms with Crippen LogP contribution in [0.2, 0.25) is 0 Å². The number of thiazole rings is 1. The average molecular weight is 270 g/mol. The number of carbonyl (C=O) groups is 1. The third-order valence-corrected chi connectivity index (χ3v) is 2.70. The molecule has 0 aromatic carbocycles. The Morgan fingerprint density at radius 1 is 1.61 bits per heavy atom. The molecule has 0 amide bonds. The standard InChI is InChI=1S/C12H18N2O3S/c1-4-17-12(15)10-11(18-8-14-10)13-5-6-16-7-9(2)3/h8,13H,2,4-7H2,1,3H3. The van der Waals surface area contributed by atoms with Gasteiger partial charge < -0.3 is 14.8 Å². The summed E-state index contributed by atoms with van der Waals surface area (Å²) in [5.74, 6) is -0.399. The minimum atomic E-state index is -0.399. The lowest BCUT2D eigenvalue weighted by molar-refractivity contribution is 0.0521. The highest BCUT2D eigenvalue weighted by Gasteiger charge is 2.15. The summed E-state index contributed by atoms with van der Waals surface area (Å²) < 4.78 is 10.3. The lowest BCUT2D eigenvalue weighted by atomic mass is 10.4. The van der Waals surface area contributed by atoms with Gasteiger partial charge in [-0.25, -0.2) is 9.78 Å². The maximum Gasteiger partial charge on any atom is 0.360 e. The molecule has 0 bridgehead atoms. The van der Waals surface area contributed by atoms with Crippen molar-refractivity contribution in [2.45, 2.75) is 13.8 Å². The highest BCUT2D eigenvalue weighted by molar-refractivity contribution is 7.14. The average Bonchev–Trinajstić information content (AvgIpc) is 2.77. The Labute approximate surface area is 111 Å². The number of carbonyl (C=O) groups excluding carboxylic acids is 1. The van der Waals surface area contributed by atoms with Gasteiger partial charge in [-0.2, -0.15) is 0 Å². The fourth-order valence-corrected chi connectivity index (χ4v) is 1.90. The normalized spacial score (nSPS) is 10.1. The summed E-state index contributed by atoms with van der Waals surface area (Å²) in [5, 5.41) is 3.82. The molecule has 0 saturated heterocycles. The molecule has 0 radical (unpaired) electrons. The van der Waals surface area contributed by atoms with Crippen LogP contribution in [0.1, 0.15) is 24.3 Å². The molecule has 100 valence electrons. The molecule has 6 heteroatoms. The zero-order chi connectivity index (χ0) is 13.4. The minimum absolute atomic E-state index is 0.335. The maximum atomic E-state index is 11.5. The van der Waals surface area contributed by atoms with Gasteiger partial charge in [-0.3, -0.25) is 0 Å². The Hall–Kier alpha value is -1.40. The predicted octanol–water partition coefficient (Wildman–Crippen LogP) is 2.32. The van der Waals surface area contributed by atoms with Crippen LogP contribution in [0.5, 0.6) is 0 Å². The van der Waals surface area contributed by atoms with Crippen LogP contribution >= 0.6 is 11.3 Å². The Balaban J connectivity index is 2.36. The van der Waals surface area contributed by atoms with Gasteiger partial charge in [0.2, 0.25) is 0 Å². The largest absolute Gasteiger partial charge is 0.461 e. The van der Waals surface area contributed by atoms with E-state index in [1.54, 1.807) is 12.4 Å². The van der Waals surface area contributed by atoms with E-state index in [0.717, 1.165) is 5.57 Å². The summed E-state index contributed by atoms with van der Waals surface area (Å²) in [7, 11) is 0. The summed E-state index contributed by atoms with van der Waals surface area (Å²) in [6, 6.07) is 0. The van der Waals surface area contributed by atoms with Gasteiger partial charge in [-0.05, 0) is 13.8 Å². The Kier molecular flexibility index (Phi) is 6.38. The van der Waals surface area contributed by atoms with Crippen molar-refractivity contribution >= 4 is 22.3 Å². The lowest BCUT2D eigenvalue weighted by Gasteiger charge is -2.06. The van der Waals surface area contributed by atoms with Gasteiger partial charge in [0, 0.05) is 6.54 Å². The van der Waals surface area contributed by atoms with Crippen molar-refractivity contribution in [3.05, 3.63) is 23.4 Å². The van der Waals surface area contributed by atoms with Crippen LogP contribution in [-0.4, -0.2) is 37.3 Å². The topological polar surface area (TPSA) is 60.5 Å². The molecule has 5 nitrogen and oxygen atoms in total.